The van der Waals surface area contributed by atoms with Crippen LogP contribution in [0.5, 0.6) is 0 Å². The summed E-state index contributed by atoms with van der Waals surface area (Å²) in [6, 6.07) is 1.07. The topological polar surface area (TPSA) is 270 Å². The minimum absolute atomic E-state index is 0.0327. The Morgan fingerprint density at radius 1 is 0.750 bits per heavy atom. The predicted octanol–water partition coefficient (Wildman–Crippen LogP) is -1.82. The van der Waals surface area contributed by atoms with Gasteiger partial charge in [0, 0.05) is 6.42 Å². The largest absolute Gasteiger partial charge is 0.480 e. The number of unbranched alkanes of at least 4 members (excludes halogenated alkanes) is 1. The van der Waals surface area contributed by atoms with E-state index in [9.17, 15) is 43.8 Å². The van der Waals surface area contributed by atoms with E-state index in [1.165, 1.54) is 20.8 Å². The van der Waals surface area contributed by atoms with Crippen molar-refractivity contribution in [2.24, 2.45) is 11.7 Å². The number of carbonyl (C=O) groups is 7. The number of hydrogen-bond acceptors (Lipinski definition) is 10. The number of nitrogens with one attached hydrogen (secondary N) is 7. The van der Waals surface area contributed by atoms with E-state index in [0.717, 1.165) is 6.42 Å². The van der Waals surface area contributed by atoms with Crippen LogP contribution in [0.3, 0.4) is 0 Å². The van der Waals surface area contributed by atoms with Crippen molar-refractivity contribution in [1.82, 2.24) is 37.2 Å². The van der Waals surface area contributed by atoms with E-state index in [1.807, 2.05) is 0 Å². The molecule has 1 saturated heterocycles. The lowest BCUT2D eigenvalue weighted by molar-refractivity contribution is -0.142. The average molecular weight is 733 g/mol. The summed E-state index contributed by atoms with van der Waals surface area (Å²) in [6.45, 7) is 8.46. The van der Waals surface area contributed by atoms with Crippen molar-refractivity contribution in [2.75, 3.05) is 13.1 Å². The number of benzene rings is 1. The number of carboxylic acids is 1. The van der Waals surface area contributed by atoms with E-state index in [1.54, 1.807) is 44.2 Å². The fourth-order valence-electron chi connectivity index (χ4n) is 5.50. The van der Waals surface area contributed by atoms with Gasteiger partial charge in [0.05, 0.1) is 12.1 Å². The number of aliphatic hydroxyl groups excluding tert-OH is 1. The second-order valence-corrected chi connectivity index (χ2v) is 13.5. The summed E-state index contributed by atoms with van der Waals surface area (Å²) in [6.07, 6.45) is 1.31. The highest BCUT2D eigenvalue weighted by atomic mass is 16.4. The van der Waals surface area contributed by atoms with Crippen molar-refractivity contribution >= 4 is 41.4 Å². The molecule has 6 amide bonds. The zero-order valence-electron chi connectivity index (χ0n) is 30.6. The molecular formula is C35H56N8O9. The van der Waals surface area contributed by atoms with Gasteiger partial charge in [0.2, 0.25) is 35.4 Å². The van der Waals surface area contributed by atoms with Crippen molar-refractivity contribution in [2.45, 2.75) is 122 Å². The Balaban J connectivity index is 2.10. The standard InChI is InChI=1S/C35H56N8O9/c1-19(2)27(33(49)41-26(18-23-12-7-6-8-13-23)32(48)40-25(35(51)52)14-9-10-16-36)42-29(45)21(4)39-34(50)28(22(5)44)43-30(46)20(3)38-31(47)24-15-11-17-37-24/h6-8,12-13,19-22,24-28,37,44H,9-11,14-18,36H2,1-5H3,(H,38,47)(H,39,50)(H,40,48)(H,41,49)(H,42,45)(H,43,46)(H,51,52)/t20-,21-,22+,24-,25-,26-,27-,28-/m0/s1. The molecule has 1 fully saturated rings. The van der Waals surface area contributed by atoms with Gasteiger partial charge in [0.15, 0.2) is 0 Å². The third-order valence-electron chi connectivity index (χ3n) is 8.67. The number of rotatable bonds is 21. The first-order valence-electron chi connectivity index (χ1n) is 17.8. The van der Waals surface area contributed by atoms with Crippen LogP contribution in [-0.2, 0) is 40.0 Å². The molecule has 0 radical (unpaired) electrons. The minimum Gasteiger partial charge on any atom is -0.480 e. The molecule has 0 saturated carbocycles. The molecule has 1 aliphatic rings. The Labute approximate surface area is 304 Å². The van der Waals surface area contributed by atoms with Crippen LogP contribution >= 0.6 is 0 Å². The van der Waals surface area contributed by atoms with Gasteiger partial charge in [0.25, 0.3) is 0 Å². The van der Waals surface area contributed by atoms with E-state index in [-0.39, 0.29) is 18.7 Å². The average Bonchev–Trinajstić information content (AvgIpc) is 3.64. The lowest BCUT2D eigenvalue weighted by atomic mass is 10.00. The zero-order chi connectivity index (χ0) is 39.0. The van der Waals surface area contributed by atoms with Crippen LogP contribution in [0.1, 0.15) is 72.3 Å². The van der Waals surface area contributed by atoms with Gasteiger partial charge in [-0.1, -0.05) is 44.2 Å². The highest BCUT2D eigenvalue weighted by Crippen LogP contribution is 2.10. The quantitative estimate of drug-likeness (QED) is 0.0629. The molecule has 8 atom stereocenters. The third-order valence-corrected chi connectivity index (χ3v) is 8.67. The summed E-state index contributed by atoms with van der Waals surface area (Å²) in [5.41, 5.74) is 6.22. The van der Waals surface area contributed by atoms with Crippen LogP contribution in [0.4, 0.5) is 0 Å². The first kappa shape index (κ1) is 43.6. The first-order valence-corrected chi connectivity index (χ1v) is 17.8. The van der Waals surface area contributed by atoms with Gasteiger partial charge in [-0.3, -0.25) is 28.8 Å². The van der Waals surface area contributed by atoms with Crippen LogP contribution < -0.4 is 43.0 Å². The van der Waals surface area contributed by atoms with Crippen LogP contribution in [0.2, 0.25) is 0 Å². The number of amides is 6. The summed E-state index contributed by atoms with van der Waals surface area (Å²) in [5.74, 6) is -5.88. The van der Waals surface area contributed by atoms with Crippen LogP contribution in [0.15, 0.2) is 30.3 Å². The first-order chi connectivity index (χ1) is 24.5. The zero-order valence-corrected chi connectivity index (χ0v) is 30.6. The van der Waals surface area contributed by atoms with E-state index in [0.29, 0.717) is 37.9 Å². The number of aliphatic carboxylic acids is 1. The maximum atomic E-state index is 13.6. The summed E-state index contributed by atoms with van der Waals surface area (Å²) in [4.78, 5) is 90.5. The van der Waals surface area contributed by atoms with Crippen molar-refractivity contribution < 1.29 is 43.8 Å². The Bertz CT molecular complexity index is 1370. The van der Waals surface area contributed by atoms with Crippen LogP contribution in [-0.4, -0.2) is 113 Å². The van der Waals surface area contributed by atoms with Gasteiger partial charge in [-0.15, -0.1) is 0 Å². The molecule has 0 aliphatic carbocycles. The molecule has 0 spiro atoms. The molecule has 0 aromatic heterocycles. The van der Waals surface area contributed by atoms with Crippen molar-refractivity contribution in [3.8, 4) is 0 Å². The number of carbonyl (C=O) groups excluding carboxylic acids is 6. The highest BCUT2D eigenvalue weighted by molar-refractivity contribution is 5.97. The lowest BCUT2D eigenvalue weighted by Crippen LogP contribution is -2.61. The normalized spacial score (nSPS) is 18.0. The lowest BCUT2D eigenvalue weighted by Gasteiger charge is -2.28. The maximum Gasteiger partial charge on any atom is 0.326 e. The Hall–Kier alpha value is -4.61. The second kappa shape index (κ2) is 21.7. The van der Waals surface area contributed by atoms with Gasteiger partial charge in [-0.25, -0.2) is 4.79 Å². The molecule has 11 N–H and O–H groups in total. The molecule has 1 aromatic carbocycles. The van der Waals surface area contributed by atoms with E-state index < -0.39 is 89.8 Å². The maximum absolute atomic E-state index is 13.6. The van der Waals surface area contributed by atoms with Crippen molar-refractivity contribution in [3.05, 3.63) is 35.9 Å². The summed E-state index contributed by atoms with van der Waals surface area (Å²) < 4.78 is 0. The molecule has 1 heterocycles. The fraction of sp³-hybridized carbons (Fsp3) is 0.629. The Morgan fingerprint density at radius 3 is 1.87 bits per heavy atom. The fourth-order valence-corrected chi connectivity index (χ4v) is 5.50. The van der Waals surface area contributed by atoms with E-state index in [2.05, 4.69) is 37.2 Å². The van der Waals surface area contributed by atoms with Crippen molar-refractivity contribution in [3.63, 3.8) is 0 Å². The molecular weight excluding hydrogens is 676 g/mol. The number of hydrogen-bond donors (Lipinski definition) is 10. The molecule has 1 aliphatic heterocycles. The minimum atomic E-state index is -1.47. The molecule has 17 nitrogen and oxygen atoms in total. The summed E-state index contributed by atoms with van der Waals surface area (Å²) >= 11 is 0. The second-order valence-electron chi connectivity index (χ2n) is 13.5. The van der Waals surface area contributed by atoms with Crippen LogP contribution in [0, 0.1) is 5.92 Å². The van der Waals surface area contributed by atoms with E-state index in [4.69, 9.17) is 5.73 Å². The number of aliphatic hydroxyl groups is 1. The van der Waals surface area contributed by atoms with Gasteiger partial charge in [0.1, 0.15) is 36.3 Å². The SMILES string of the molecule is CC(C)[C@H](NC(=O)[C@H](C)NC(=O)[C@@H](NC(=O)[C@H](C)NC(=O)[C@@H]1CCCN1)[C@@H](C)O)C(=O)N[C@@H](Cc1ccccc1)C(=O)N[C@@H](CCCCN)C(=O)O. The Morgan fingerprint density at radius 2 is 1.33 bits per heavy atom. The highest BCUT2D eigenvalue weighted by Gasteiger charge is 2.34. The van der Waals surface area contributed by atoms with Gasteiger partial charge in [-0.05, 0) is 77.4 Å². The molecule has 0 unspecified atom stereocenters. The molecule has 0 bridgehead atoms. The molecule has 290 valence electrons. The van der Waals surface area contributed by atoms with Gasteiger partial charge in [-0.2, -0.15) is 0 Å². The van der Waals surface area contributed by atoms with Gasteiger partial charge >= 0.3 is 5.97 Å². The Kier molecular flexibility index (Phi) is 18.2. The molecule has 52 heavy (non-hydrogen) atoms. The van der Waals surface area contributed by atoms with Crippen LogP contribution in [0.25, 0.3) is 0 Å². The summed E-state index contributed by atoms with van der Waals surface area (Å²) in [7, 11) is 0. The third kappa shape index (κ3) is 14.2. The molecule has 1 aromatic rings. The van der Waals surface area contributed by atoms with Gasteiger partial charge < -0.3 is 53.2 Å². The molecule has 17 heteroatoms. The number of carboxylic acid groups (broad SMARTS) is 1. The monoisotopic (exact) mass is 732 g/mol. The number of nitrogens with two attached hydrogens (primary N) is 1. The smallest absolute Gasteiger partial charge is 0.326 e. The predicted molar refractivity (Wildman–Crippen MR) is 191 cm³/mol. The van der Waals surface area contributed by atoms with Crippen molar-refractivity contribution in [1.29, 1.82) is 0 Å². The van der Waals surface area contributed by atoms with E-state index >= 15 is 0 Å². The summed E-state index contributed by atoms with van der Waals surface area (Å²) in [5, 5.41) is 38.2. The molecule has 2 rings (SSSR count).